The third-order valence-electron chi connectivity index (χ3n) is 5.83. The smallest absolute Gasteiger partial charge is 0.256 e. The van der Waals surface area contributed by atoms with Crippen molar-refractivity contribution in [1.29, 1.82) is 0 Å². The Labute approximate surface area is 191 Å². The Kier molecular flexibility index (Phi) is 5.75. The normalized spacial score (nSPS) is 18.4. The lowest BCUT2D eigenvalue weighted by Crippen LogP contribution is -2.52. The van der Waals surface area contributed by atoms with E-state index in [1.807, 2.05) is 67.3 Å². The van der Waals surface area contributed by atoms with Crippen molar-refractivity contribution in [3.63, 3.8) is 0 Å². The van der Waals surface area contributed by atoms with E-state index in [1.54, 1.807) is 18.6 Å². The molecule has 0 N–H and O–H groups in total. The molecule has 1 saturated heterocycles. The first-order chi connectivity index (χ1) is 16.1. The van der Waals surface area contributed by atoms with Gasteiger partial charge in [0.25, 0.3) is 5.91 Å². The van der Waals surface area contributed by atoms with Gasteiger partial charge >= 0.3 is 0 Å². The summed E-state index contributed by atoms with van der Waals surface area (Å²) in [6.07, 6.45) is 4.67. The van der Waals surface area contributed by atoms with Gasteiger partial charge in [0, 0.05) is 11.6 Å². The molecule has 168 valence electrons. The molecule has 1 fully saturated rings. The zero-order chi connectivity index (χ0) is 22.8. The van der Waals surface area contributed by atoms with Crippen LogP contribution in [-0.2, 0) is 4.74 Å². The van der Waals surface area contributed by atoms with Crippen LogP contribution in [0.2, 0.25) is 0 Å². The third-order valence-corrected chi connectivity index (χ3v) is 5.83. The second-order valence-corrected chi connectivity index (χ2v) is 8.25. The molecule has 2 atom stereocenters. The Morgan fingerprint density at radius 1 is 1.12 bits per heavy atom. The van der Waals surface area contributed by atoms with E-state index in [1.165, 1.54) is 4.80 Å². The fraction of sp³-hybridized carbons (Fsp3) is 0.280. The van der Waals surface area contributed by atoms with Gasteiger partial charge in [-0.3, -0.25) is 4.79 Å². The minimum atomic E-state index is -0.262. The average molecular weight is 444 g/mol. The summed E-state index contributed by atoms with van der Waals surface area (Å²) in [5, 5.41) is 10.4. The Morgan fingerprint density at radius 3 is 2.79 bits per heavy atom. The van der Waals surface area contributed by atoms with E-state index < -0.39 is 0 Å². The van der Waals surface area contributed by atoms with Crippen molar-refractivity contribution in [1.82, 2.24) is 24.9 Å². The van der Waals surface area contributed by atoms with Gasteiger partial charge in [-0.15, -0.1) is 0 Å². The Morgan fingerprint density at radius 2 is 1.94 bits per heavy atom. The Hall–Kier alpha value is -3.78. The topological polar surface area (TPSA) is 82.4 Å². The lowest BCUT2D eigenvalue weighted by Gasteiger charge is -2.38. The van der Waals surface area contributed by atoms with Crippen molar-refractivity contribution in [3.8, 4) is 11.6 Å². The van der Waals surface area contributed by atoms with Crippen molar-refractivity contribution in [3.05, 3.63) is 78.2 Å². The quantitative estimate of drug-likeness (QED) is 0.470. The number of aromatic nitrogens is 4. The lowest BCUT2D eigenvalue weighted by atomic mass is 10.1. The maximum Gasteiger partial charge on any atom is 0.256 e. The molecule has 8 nitrogen and oxygen atoms in total. The summed E-state index contributed by atoms with van der Waals surface area (Å²) in [5.74, 6) is 0.494. The summed E-state index contributed by atoms with van der Waals surface area (Å²) >= 11 is 0. The number of ether oxygens (including phenoxy) is 2. The van der Waals surface area contributed by atoms with Gasteiger partial charge in [-0.05, 0) is 43.5 Å². The molecule has 8 heteroatoms. The maximum atomic E-state index is 13.6. The largest absolute Gasteiger partial charge is 0.474 e. The predicted octanol–water partition coefficient (Wildman–Crippen LogP) is 3.43. The molecular formula is C25H25N5O3. The van der Waals surface area contributed by atoms with Crippen LogP contribution in [0.15, 0.2) is 67.1 Å². The second kappa shape index (κ2) is 8.99. The number of carbonyl (C=O) groups excluding carboxylic acids is 1. The molecule has 33 heavy (non-hydrogen) atoms. The summed E-state index contributed by atoms with van der Waals surface area (Å²) in [4.78, 5) is 21.3. The van der Waals surface area contributed by atoms with Gasteiger partial charge in [0.05, 0.1) is 42.8 Å². The number of nitrogens with zero attached hydrogens (tertiary/aromatic N) is 5. The lowest BCUT2D eigenvalue weighted by molar-refractivity contribution is -0.0630. The molecule has 5 rings (SSSR count). The molecule has 0 spiro atoms. The molecule has 3 heterocycles. The average Bonchev–Trinajstić information content (AvgIpc) is 3.38. The molecule has 0 radical (unpaired) electrons. The molecule has 1 unspecified atom stereocenters. The molecular weight excluding hydrogens is 418 g/mol. The number of aryl methyl sites for hydroxylation is 1. The van der Waals surface area contributed by atoms with Gasteiger partial charge in [0.15, 0.2) is 0 Å². The molecule has 1 aliphatic rings. The van der Waals surface area contributed by atoms with Crippen molar-refractivity contribution < 1.29 is 14.3 Å². The number of carbonyl (C=O) groups is 1. The predicted molar refractivity (Wildman–Crippen MR) is 124 cm³/mol. The fourth-order valence-corrected chi connectivity index (χ4v) is 4.07. The van der Waals surface area contributed by atoms with E-state index in [9.17, 15) is 4.79 Å². The number of hydrogen-bond donors (Lipinski definition) is 0. The molecule has 0 saturated carbocycles. The van der Waals surface area contributed by atoms with Crippen LogP contribution in [0.1, 0.15) is 22.8 Å². The number of amides is 1. The van der Waals surface area contributed by atoms with Gasteiger partial charge in [-0.1, -0.05) is 29.8 Å². The van der Waals surface area contributed by atoms with Crippen LogP contribution < -0.4 is 4.74 Å². The van der Waals surface area contributed by atoms with Gasteiger partial charge in [-0.25, -0.2) is 4.98 Å². The zero-order valence-electron chi connectivity index (χ0n) is 18.6. The number of benzene rings is 2. The van der Waals surface area contributed by atoms with Crippen LogP contribution in [0.4, 0.5) is 0 Å². The monoisotopic (exact) mass is 443 g/mol. The SMILES string of the molecule is Cc1ccc(-n2nccn2)c(C(=O)N2C[C@@H](COc3nccc4ccccc34)OCC2C)c1. The minimum absolute atomic E-state index is 0.0663. The van der Waals surface area contributed by atoms with Crippen molar-refractivity contribution in [2.75, 3.05) is 19.8 Å². The van der Waals surface area contributed by atoms with Gasteiger partial charge in [-0.2, -0.15) is 15.0 Å². The molecule has 0 aliphatic carbocycles. The van der Waals surface area contributed by atoms with Crippen LogP contribution in [0.3, 0.4) is 0 Å². The molecule has 1 aliphatic heterocycles. The second-order valence-electron chi connectivity index (χ2n) is 8.25. The first kappa shape index (κ1) is 21.1. The van der Waals surface area contributed by atoms with E-state index in [0.29, 0.717) is 36.9 Å². The first-order valence-corrected chi connectivity index (χ1v) is 11.0. The molecule has 2 aromatic heterocycles. The van der Waals surface area contributed by atoms with Crippen LogP contribution in [0, 0.1) is 6.92 Å². The van der Waals surface area contributed by atoms with Gasteiger partial charge in [0.2, 0.25) is 5.88 Å². The summed E-state index contributed by atoms with van der Waals surface area (Å²) in [6, 6.07) is 15.6. The number of morpholine rings is 1. The van der Waals surface area contributed by atoms with Crippen molar-refractivity contribution in [2.24, 2.45) is 0 Å². The minimum Gasteiger partial charge on any atom is -0.474 e. The van der Waals surface area contributed by atoms with E-state index in [4.69, 9.17) is 9.47 Å². The van der Waals surface area contributed by atoms with Crippen LogP contribution in [0.25, 0.3) is 16.5 Å². The number of rotatable bonds is 5. The Bertz CT molecular complexity index is 1270. The van der Waals surface area contributed by atoms with E-state index >= 15 is 0 Å². The molecule has 0 bridgehead atoms. The summed E-state index contributed by atoms with van der Waals surface area (Å²) in [7, 11) is 0. The molecule has 4 aromatic rings. The van der Waals surface area contributed by atoms with Gasteiger partial charge in [0.1, 0.15) is 12.7 Å². The molecule has 1 amide bonds. The number of fused-ring (bicyclic) bond motifs is 1. The van der Waals surface area contributed by atoms with Crippen LogP contribution in [0.5, 0.6) is 5.88 Å². The Balaban J connectivity index is 1.34. The van der Waals surface area contributed by atoms with Crippen molar-refractivity contribution in [2.45, 2.75) is 26.0 Å². The molecule has 2 aromatic carbocycles. The zero-order valence-corrected chi connectivity index (χ0v) is 18.6. The highest BCUT2D eigenvalue weighted by atomic mass is 16.5. The van der Waals surface area contributed by atoms with Crippen LogP contribution in [-0.4, -0.2) is 62.7 Å². The summed E-state index contributed by atoms with van der Waals surface area (Å²) in [6.45, 7) is 5.12. The van der Waals surface area contributed by atoms with Crippen molar-refractivity contribution >= 4 is 16.7 Å². The maximum absolute atomic E-state index is 13.6. The fourth-order valence-electron chi connectivity index (χ4n) is 4.07. The highest BCUT2D eigenvalue weighted by Crippen LogP contribution is 2.24. The summed E-state index contributed by atoms with van der Waals surface area (Å²) in [5.41, 5.74) is 2.22. The highest BCUT2D eigenvalue weighted by molar-refractivity contribution is 5.98. The van der Waals surface area contributed by atoms with E-state index in [0.717, 1.165) is 16.3 Å². The highest BCUT2D eigenvalue weighted by Gasteiger charge is 2.32. The first-order valence-electron chi connectivity index (χ1n) is 11.0. The van der Waals surface area contributed by atoms with E-state index in [-0.39, 0.29) is 18.1 Å². The summed E-state index contributed by atoms with van der Waals surface area (Å²) < 4.78 is 12.0. The third kappa shape index (κ3) is 4.29. The number of pyridine rings is 1. The van der Waals surface area contributed by atoms with Gasteiger partial charge < -0.3 is 14.4 Å². The van der Waals surface area contributed by atoms with E-state index in [2.05, 4.69) is 15.2 Å². The standard InChI is InChI=1S/C25H25N5O3/c1-17-7-8-23(30-27-11-12-28-30)22(13-17)25(31)29-14-20(32-15-18(29)2)16-33-24-21-6-4-3-5-19(21)9-10-26-24/h3-13,18,20H,14-16H2,1-2H3/t18?,20-/m0/s1. The van der Waals surface area contributed by atoms with Crippen LogP contribution >= 0.6 is 0 Å². The number of hydrogen-bond acceptors (Lipinski definition) is 6.